The molecule has 1 aromatic heterocycles. The Kier molecular flexibility index (Phi) is 3.70. The van der Waals surface area contributed by atoms with Crippen molar-refractivity contribution < 1.29 is 0 Å². The van der Waals surface area contributed by atoms with Gasteiger partial charge in [0.1, 0.15) is 0 Å². The minimum atomic E-state index is 0. The van der Waals surface area contributed by atoms with E-state index >= 15 is 0 Å². The molecule has 2 nitrogen and oxygen atoms in total. The van der Waals surface area contributed by atoms with Crippen LogP contribution in [0.4, 0.5) is 0 Å². The van der Waals surface area contributed by atoms with Gasteiger partial charge in [0, 0.05) is 18.3 Å². The smallest absolute Gasteiger partial charge is 0.0570 e. The van der Waals surface area contributed by atoms with E-state index in [2.05, 4.69) is 23.3 Å². The van der Waals surface area contributed by atoms with Crippen molar-refractivity contribution in [3.63, 3.8) is 0 Å². The topological polar surface area (TPSA) is 24.9 Å². The first-order valence-electron chi connectivity index (χ1n) is 4.53. The second-order valence-electron chi connectivity index (χ2n) is 3.42. The first kappa shape index (κ1) is 10.5. The zero-order valence-corrected chi connectivity index (χ0v) is 8.55. The molecule has 1 aromatic rings. The Hall–Kier alpha value is -0.600. The molecule has 0 aromatic carbocycles. The molecule has 13 heavy (non-hydrogen) atoms. The third kappa shape index (κ3) is 2.98. The average Bonchev–Trinajstić information content (AvgIpc) is 2.90. The van der Waals surface area contributed by atoms with Gasteiger partial charge < -0.3 is 5.32 Å². The largest absolute Gasteiger partial charge is 0.306 e. The van der Waals surface area contributed by atoms with E-state index in [1.165, 1.54) is 12.8 Å². The fraction of sp³-hybridized carbons (Fsp3) is 0.500. The minimum Gasteiger partial charge on any atom is -0.306 e. The van der Waals surface area contributed by atoms with Gasteiger partial charge in [-0.25, -0.2) is 0 Å². The van der Waals surface area contributed by atoms with Crippen LogP contribution < -0.4 is 5.32 Å². The molecule has 0 aliphatic heterocycles. The van der Waals surface area contributed by atoms with E-state index in [-0.39, 0.29) is 12.4 Å². The molecule has 1 heterocycles. The fourth-order valence-corrected chi connectivity index (χ4v) is 1.32. The summed E-state index contributed by atoms with van der Waals surface area (Å²) >= 11 is 0. The molecule has 1 saturated carbocycles. The molecule has 1 aliphatic rings. The number of nitrogens with one attached hydrogen (secondary N) is 1. The van der Waals surface area contributed by atoms with Crippen LogP contribution in [-0.4, -0.2) is 11.0 Å². The monoisotopic (exact) mass is 198 g/mol. The van der Waals surface area contributed by atoms with Crippen LogP contribution in [0.5, 0.6) is 0 Å². The van der Waals surface area contributed by atoms with E-state index in [4.69, 9.17) is 0 Å². The summed E-state index contributed by atoms with van der Waals surface area (Å²) in [6.07, 6.45) is 4.51. The van der Waals surface area contributed by atoms with Gasteiger partial charge in [0.05, 0.1) is 5.69 Å². The maximum Gasteiger partial charge on any atom is 0.0570 e. The zero-order chi connectivity index (χ0) is 8.39. The van der Waals surface area contributed by atoms with Gasteiger partial charge in [-0.2, -0.15) is 0 Å². The quantitative estimate of drug-likeness (QED) is 0.807. The first-order chi connectivity index (χ1) is 5.86. The predicted octanol–water partition coefficient (Wildman–Crippen LogP) is 2.32. The van der Waals surface area contributed by atoms with Crippen LogP contribution >= 0.6 is 12.4 Å². The van der Waals surface area contributed by atoms with E-state index in [0.717, 1.165) is 11.7 Å². The molecule has 0 bridgehead atoms. The van der Waals surface area contributed by atoms with E-state index < -0.39 is 0 Å². The Morgan fingerprint density at radius 3 is 2.77 bits per heavy atom. The molecule has 0 radical (unpaired) electrons. The second-order valence-corrected chi connectivity index (χ2v) is 3.42. The molecule has 1 aliphatic carbocycles. The van der Waals surface area contributed by atoms with Crippen LogP contribution in [0.15, 0.2) is 24.4 Å². The molecule has 1 fully saturated rings. The normalized spacial score (nSPS) is 17.6. The van der Waals surface area contributed by atoms with Gasteiger partial charge in [-0.1, -0.05) is 6.07 Å². The van der Waals surface area contributed by atoms with Crippen LogP contribution in [0, 0.1) is 0 Å². The highest BCUT2D eigenvalue weighted by molar-refractivity contribution is 5.85. The van der Waals surface area contributed by atoms with Crippen molar-refractivity contribution in [1.29, 1.82) is 0 Å². The van der Waals surface area contributed by atoms with E-state index in [9.17, 15) is 0 Å². The number of halogens is 1. The van der Waals surface area contributed by atoms with Gasteiger partial charge in [-0.3, -0.25) is 4.98 Å². The maximum atomic E-state index is 4.30. The summed E-state index contributed by atoms with van der Waals surface area (Å²) in [4.78, 5) is 4.30. The Balaban J connectivity index is 0.000000845. The van der Waals surface area contributed by atoms with Crippen molar-refractivity contribution in [3.05, 3.63) is 30.1 Å². The molecule has 1 N–H and O–H groups in total. The highest BCUT2D eigenvalue weighted by Gasteiger charge is 2.23. The lowest BCUT2D eigenvalue weighted by atomic mass is 10.2. The van der Waals surface area contributed by atoms with E-state index in [0.29, 0.717) is 6.04 Å². The predicted molar refractivity (Wildman–Crippen MR) is 56.1 cm³/mol. The molecular weight excluding hydrogens is 184 g/mol. The van der Waals surface area contributed by atoms with Crippen LogP contribution in [0.25, 0.3) is 0 Å². The SMILES string of the molecule is CC(NC1CC1)c1ccccn1.Cl. The number of hydrogen-bond acceptors (Lipinski definition) is 2. The van der Waals surface area contributed by atoms with Gasteiger partial charge in [-0.05, 0) is 31.9 Å². The molecule has 2 rings (SSSR count). The standard InChI is InChI=1S/C10H14N2.ClH/c1-8(12-9-5-6-9)10-4-2-3-7-11-10;/h2-4,7-9,12H,5-6H2,1H3;1H. The van der Waals surface area contributed by atoms with Crippen LogP contribution in [0.2, 0.25) is 0 Å². The number of pyridine rings is 1. The molecular formula is C10H15ClN2. The van der Waals surface area contributed by atoms with Crippen molar-refractivity contribution >= 4 is 12.4 Å². The summed E-state index contributed by atoms with van der Waals surface area (Å²) in [6, 6.07) is 7.21. The van der Waals surface area contributed by atoms with Crippen molar-refractivity contribution in [3.8, 4) is 0 Å². The van der Waals surface area contributed by atoms with E-state index in [1.54, 1.807) is 0 Å². The Morgan fingerprint density at radius 2 is 2.23 bits per heavy atom. The summed E-state index contributed by atoms with van der Waals surface area (Å²) < 4.78 is 0. The average molecular weight is 199 g/mol. The Labute approximate surface area is 85.2 Å². The van der Waals surface area contributed by atoms with Crippen LogP contribution in [0.3, 0.4) is 0 Å². The maximum absolute atomic E-state index is 4.30. The molecule has 3 heteroatoms. The molecule has 1 atom stereocenters. The van der Waals surface area contributed by atoms with Crippen molar-refractivity contribution in [2.24, 2.45) is 0 Å². The second kappa shape index (κ2) is 4.58. The third-order valence-electron chi connectivity index (χ3n) is 2.19. The third-order valence-corrected chi connectivity index (χ3v) is 2.19. The minimum absolute atomic E-state index is 0. The zero-order valence-electron chi connectivity index (χ0n) is 7.73. The van der Waals surface area contributed by atoms with Crippen molar-refractivity contribution in [1.82, 2.24) is 10.3 Å². The van der Waals surface area contributed by atoms with Gasteiger partial charge in [0.25, 0.3) is 0 Å². The summed E-state index contributed by atoms with van der Waals surface area (Å²) in [5.41, 5.74) is 1.14. The van der Waals surface area contributed by atoms with Gasteiger partial charge >= 0.3 is 0 Å². The highest BCUT2D eigenvalue weighted by Crippen LogP contribution is 2.22. The van der Waals surface area contributed by atoms with E-state index in [1.807, 2.05) is 18.3 Å². The molecule has 72 valence electrons. The Bertz CT molecular complexity index is 246. The number of rotatable bonds is 3. The summed E-state index contributed by atoms with van der Waals surface area (Å²) in [5, 5.41) is 3.51. The van der Waals surface area contributed by atoms with Crippen LogP contribution in [-0.2, 0) is 0 Å². The Morgan fingerprint density at radius 1 is 1.46 bits per heavy atom. The summed E-state index contributed by atoms with van der Waals surface area (Å²) in [7, 11) is 0. The van der Waals surface area contributed by atoms with Crippen LogP contribution in [0.1, 0.15) is 31.5 Å². The summed E-state index contributed by atoms with van der Waals surface area (Å²) in [5.74, 6) is 0. The number of hydrogen-bond donors (Lipinski definition) is 1. The first-order valence-corrected chi connectivity index (χ1v) is 4.53. The molecule has 0 spiro atoms. The molecule has 0 amide bonds. The highest BCUT2D eigenvalue weighted by atomic mass is 35.5. The molecule has 0 saturated heterocycles. The lowest BCUT2D eigenvalue weighted by Gasteiger charge is -2.11. The van der Waals surface area contributed by atoms with Gasteiger partial charge in [0.15, 0.2) is 0 Å². The molecule has 1 unspecified atom stereocenters. The lowest BCUT2D eigenvalue weighted by molar-refractivity contribution is 0.558. The number of nitrogens with zero attached hydrogens (tertiary/aromatic N) is 1. The summed E-state index contributed by atoms with van der Waals surface area (Å²) in [6.45, 7) is 2.17. The van der Waals surface area contributed by atoms with Crippen molar-refractivity contribution in [2.75, 3.05) is 0 Å². The number of aromatic nitrogens is 1. The van der Waals surface area contributed by atoms with Crippen molar-refractivity contribution in [2.45, 2.75) is 31.8 Å². The van der Waals surface area contributed by atoms with Gasteiger partial charge in [0.2, 0.25) is 0 Å². The lowest BCUT2D eigenvalue weighted by Crippen LogP contribution is -2.21. The van der Waals surface area contributed by atoms with Gasteiger partial charge in [-0.15, -0.1) is 12.4 Å². The fourth-order valence-electron chi connectivity index (χ4n) is 1.32.